The van der Waals surface area contributed by atoms with Crippen LogP contribution in [0.25, 0.3) is 0 Å². The molecule has 3 nitrogen and oxygen atoms in total. The molecule has 3 aromatic rings. The summed E-state index contributed by atoms with van der Waals surface area (Å²) in [6.07, 6.45) is 5.76. The average molecular weight is 237 g/mol. The van der Waals surface area contributed by atoms with Crippen molar-refractivity contribution in [2.45, 2.75) is 12.8 Å². The number of aromatic amines is 2. The van der Waals surface area contributed by atoms with Gasteiger partial charge in [0.05, 0.1) is 11.6 Å². The van der Waals surface area contributed by atoms with Gasteiger partial charge in [-0.1, -0.05) is 0 Å². The lowest BCUT2D eigenvalue weighted by Gasteiger charge is -2.14. The first-order valence-corrected chi connectivity index (χ1v) is 6.04. The molecule has 0 aliphatic rings. The highest BCUT2D eigenvalue weighted by Gasteiger charge is 2.19. The maximum atomic E-state index is 4.51. The smallest absolute Gasteiger partial charge is 0.0813 e. The Kier molecular flexibility index (Phi) is 2.73. The van der Waals surface area contributed by atoms with Crippen LogP contribution in [0.2, 0.25) is 0 Å². The Bertz CT molecular complexity index is 575. The van der Waals surface area contributed by atoms with Crippen LogP contribution in [0.3, 0.4) is 0 Å². The van der Waals surface area contributed by atoms with Crippen molar-refractivity contribution >= 4 is 0 Å². The molecule has 0 fully saturated rings. The standard InChI is InChI=1S/C15H15N3/c1-11-6-9-18-14(10-11)15(12-4-2-7-16-12)13-5-3-8-17-13/h2-10,15-17H,1H3. The Morgan fingerprint density at radius 2 is 1.67 bits per heavy atom. The van der Waals surface area contributed by atoms with Crippen LogP contribution in [0.1, 0.15) is 28.6 Å². The Labute approximate surface area is 106 Å². The lowest BCUT2D eigenvalue weighted by atomic mass is 9.96. The summed E-state index contributed by atoms with van der Waals surface area (Å²) in [5, 5.41) is 0. The van der Waals surface area contributed by atoms with Crippen molar-refractivity contribution in [1.29, 1.82) is 0 Å². The second-order valence-corrected chi connectivity index (χ2v) is 4.44. The molecule has 0 radical (unpaired) electrons. The van der Waals surface area contributed by atoms with Gasteiger partial charge in [-0.3, -0.25) is 4.98 Å². The second kappa shape index (κ2) is 4.53. The van der Waals surface area contributed by atoms with Crippen LogP contribution >= 0.6 is 0 Å². The van der Waals surface area contributed by atoms with Gasteiger partial charge in [-0.15, -0.1) is 0 Å². The average Bonchev–Trinajstić information content (AvgIpc) is 3.02. The molecule has 90 valence electrons. The minimum atomic E-state index is 0.134. The number of nitrogens with one attached hydrogen (secondary N) is 2. The van der Waals surface area contributed by atoms with Crippen molar-refractivity contribution in [3.8, 4) is 0 Å². The van der Waals surface area contributed by atoms with Gasteiger partial charge in [0.2, 0.25) is 0 Å². The first-order chi connectivity index (χ1) is 8.84. The van der Waals surface area contributed by atoms with E-state index in [1.54, 1.807) is 0 Å². The zero-order valence-corrected chi connectivity index (χ0v) is 10.2. The van der Waals surface area contributed by atoms with E-state index in [1.807, 2.05) is 36.8 Å². The van der Waals surface area contributed by atoms with Crippen molar-refractivity contribution < 1.29 is 0 Å². The first kappa shape index (κ1) is 10.8. The lowest BCUT2D eigenvalue weighted by molar-refractivity contribution is 0.855. The fraction of sp³-hybridized carbons (Fsp3) is 0.133. The van der Waals surface area contributed by atoms with E-state index in [4.69, 9.17) is 0 Å². The maximum Gasteiger partial charge on any atom is 0.0813 e. The van der Waals surface area contributed by atoms with E-state index in [9.17, 15) is 0 Å². The molecule has 18 heavy (non-hydrogen) atoms. The van der Waals surface area contributed by atoms with Gasteiger partial charge >= 0.3 is 0 Å². The molecule has 0 atom stereocenters. The summed E-state index contributed by atoms with van der Waals surface area (Å²) in [5.74, 6) is 0.134. The molecule has 2 N–H and O–H groups in total. The maximum absolute atomic E-state index is 4.51. The highest BCUT2D eigenvalue weighted by Crippen LogP contribution is 2.28. The van der Waals surface area contributed by atoms with Gasteiger partial charge in [0.1, 0.15) is 0 Å². The van der Waals surface area contributed by atoms with Gasteiger partial charge in [-0.05, 0) is 48.9 Å². The van der Waals surface area contributed by atoms with E-state index in [0.717, 1.165) is 17.1 Å². The summed E-state index contributed by atoms with van der Waals surface area (Å²) in [6.45, 7) is 2.09. The molecule has 0 unspecified atom stereocenters. The normalized spacial score (nSPS) is 11.0. The third-order valence-electron chi connectivity index (χ3n) is 3.10. The predicted molar refractivity (Wildman–Crippen MR) is 71.5 cm³/mol. The number of hydrogen-bond donors (Lipinski definition) is 2. The second-order valence-electron chi connectivity index (χ2n) is 4.44. The van der Waals surface area contributed by atoms with Crippen LogP contribution in [0.15, 0.2) is 55.0 Å². The molecule has 0 amide bonds. The van der Waals surface area contributed by atoms with Crippen LogP contribution < -0.4 is 0 Å². The third-order valence-corrected chi connectivity index (χ3v) is 3.10. The number of rotatable bonds is 3. The Hall–Kier alpha value is -2.29. The summed E-state index contributed by atoms with van der Waals surface area (Å²) >= 11 is 0. The van der Waals surface area contributed by atoms with Crippen molar-refractivity contribution in [3.05, 3.63) is 77.6 Å². The van der Waals surface area contributed by atoms with Gasteiger partial charge in [0, 0.05) is 30.0 Å². The minimum absolute atomic E-state index is 0.134. The molecule has 3 heteroatoms. The zero-order chi connectivity index (χ0) is 12.4. The van der Waals surface area contributed by atoms with Crippen molar-refractivity contribution in [2.24, 2.45) is 0 Å². The molecule has 3 rings (SSSR count). The van der Waals surface area contributed by atoms with E-state index in [0.29, 0.717) is 0 Å². The summed E-state index contributed by atoms with van der Waals surface area (Å²) in [5.41, 5.74) is 4.58. The molecule has 0 aliphatic carbocycles. The molecule has 3 heterocycles. The first-order valence-electron chi connectivity index (χ1n) is 6.04. The summed E-state index contributed by atoms with van der Waals surface area (Å²) < 4.78 is 0. The fourth-order valence-electron chi connectivity index (χ4n) is 2.25. The number of nitrogens with zero attached hydrogens (tertiary/aromatic N) is 1. The molecule has 0 aromatic carbocycles. The Morgan fingerprint density at radius 1 is 1.00 bits per heavy atom. The topological polar surface area (TPSA) is 44.5 Å². The summed E-state index contributed by atoms with van der Waals surface area (Å²) in [7, 11) is 0. The SMILES string of the molecule is Cc1ccnc(C(c2ccc[nH]2)c2ccc[nH]2)c1. The quantitative estimate of drug-likeness (QED) is 0.721. The Morgan fingerprint density at radius 3 is 2.17 bits per heavy atom. The van der Waals surface area contributed by atoms with Gasteiger partial charge in [-0.25, -0.2) is 0 Å². The van der Waals surface area contributed by atoms with E-state index in [-0.39, 0.29) is 5.92 Å². The molecule has 3 aromatic heterocycles. The molecule has 0 spiro atoms. The molecule has 0 aliphatic heterocycles. The number of aromatic nitrogens is 3. The largest absolute Gasteiger partial charge is 0.364 e. The summed E-state index contributed by atoms with van der Waals surface area (Å²) in [4.78, 5) is 11.1. The number of aryl methyl sites for hydroxylation is 1. The van der Waals surface area contributed by atoms with Gasteiger partial charge in [-0.2, -0.15) is 0 Å². The van der Waals surface area contributed by atoms with Crippen LogP contribution in [-0.2, 0) is 0 Å². The van der Waals surface area contributed by atoms with Gasteiger partial charge < -0.3 is 9.97 Å². The van der Waals surface area contributed by atoms with Crippen LogP contribution in [0, 0.1) is 6.92 Å². The zero-order valence-electron chi connectivity index (χ0n) is 10.2. The monoisotopic (exact) mass is 237 g/mol. The predicted octanol–water partition coefficient (Wildman–Crippen LogP) is 3.23. The van der Waals surface area contributed by atoms with Crippen LogP contribution in [0.5, 0.6) is 0 Å². The minimum Gasteiger partial charge on any atom is -0.364 e. The van der Waals surface area contributed by atoms with Crippen molar-refractivity contribution in [1.82, 2.24) is 15.0 Å². The van der Waals surface area contributed by atoms with Gasteiger partial charge in [0.15, 0.2) is 0 Å². The van der Waals surface area contributed by atoms with Crippen molar-refractivity contribution in [3.63, 3.8) is 0 Å². The molecule has 0 bridgehead atoms. The molecule has 0 saturated heterocycles. The van der Waals surface area contributed by atoms with Gasteiger partial charge in [0.25, 0.3) is 0 Å². The van der Waals surface area contributed by atoms with Crippen LogP contribution in [-0.4, -0.2) is 15.0 Å². The highest BCUT2D eigenvalue weighted by atomic mass is 14.8. The van der Waals surface area contributed by atoms with E-state index in [1.165, 1.54) is 5.56 Å². The molecular weight excluding hydrogens is 222 g/mol. The highest BCUT2D eigenvalue weighted by molar-refractivity contribution is 5.35. The number of hydrogen-bond acceptors (Lipinski definition) is 1. The van der Waals surface area contributed by atoms with E-state index in [2.05, 4.69) is 40.1 Å². The van der Waals surface area contributed by atoms with Crippen LogP contribution in [0.4, 0.5) is 0 Å². The fourth-order valence-corrected chi connectivity index (χ4v) is 2.25. The van der Waals surface area contributed by atoms with E-state index < -0.39 is 0 Å². The molecular formula is C15H15N3. The third kappa shape index (κ3) is 1.95. The van der Waals surface area contributed by atoms with E-state index >= 15 is 0 Å². The Balaban J connectivity index is 2.11. The number of H-pyrrole nitrogens is 2. The lowest BCUT2D eigenvalue weighted by Crippen LogP contribution is -2.06. The van der Waals surface area contributed by atoms with Crippen molar-refractivity contribution in [2.75, 3.05) is 0 Å². The molecule has 0 saturated carbocycles. The summed E-state index contributed by atoms with van der Waals surface area (Å²) in [6, 6.07) is 12.4. The number of pyridine rings is 1.